The Morgan fingerprint density at radius 2 is 2.21 bits per heavy atom. The lowest BCUT2D eigenvalue weighted by Crippen LogP contribution is -2.23. The van der Waals surface area contributed by atoms with Crippen molar-refractivity contribution < 1.29 is 19.0 Å². The van der Waals surface area contributed by atoms with Crippen LogP contribution in [-0.2, 0) is 11.3 Å². The maximum Gasteiger partial charge on any atom is 0.165 e. The van der Waals surface area contributed by atoms with Gasteiger partial charge in [0.15, 0.2) is 11.6 Å². The molecular formula is C14H20FNO3. The summed E-state index contributed by atoms with van der Waals surface area (Å²) in [6.07, 6.45) is 1.67. The molecule has 1 aliphatic rings. The molecule has 1 fully saturated rings. The zero-order chi connectivity index (χ0) is 13.7. The highest BCUT2D eigenvalue weighted by atomic mass is 19.1. The van der Waals surface area contributed by atoms with E-state index in [4.69, 9.17) is 9.47 Å². The van der Waals surface area contributed by atoms with Gasteiger partial charge in [-0.05, 0) is 30.5 Å². The van der Waals surface area contributed by atoms with Crippen LogP contribution in [0.3, 0.4) is 0 Å². The largest absolute Gasteiger partial charge is 0.488 e. The van der Waals surface area contributed by atoms with Gasteiger partial charge in [-0.15, -0.1) is 0 Å². The lowest BCUT2D eigenvalue weighted by atomic mass is 10.2. The van der Waals surface area contributed by atoms with E-state index >= 15 is 0 Å². The third kappa shape index (κ3) is 4.78. The van der Waals surface area contributed by atoms with E-state index in [-0.39, 0.29) is 19.0 Å². The number of hydrogen-bond acceptors (Lipinski definition) is 4. The highest BCUT2D eigenvalue weighted by Gasteiger charge is 2.20. The molecule has 0 bridgehead atoms. The Hall–Kier alpha value is -1.17. The van der Waals surface area contributed by atoms with E-state index in [1.54, 1.807) is 6.07 Å². The lowest BCUT2D eigenvalue weighted by Gasteiger charge is -2.12. The Kier molecular flexibility index (Phi) is 5.13. The molecule has 2 N–H and O–H groups in total. The predicted octanol–water partition coefficient (Wildman–Crippen LogP) is 1.46. The fourth-order valence-electron chi connectivity index (χ4n) is 1.75. The average molecular weight is 269 g/mol. The molecule has 0 amide bonds. The standard InChI is InChI=1S/C14H20FNO3/c1-18-8-12(17)9-19-14-5-2-10(6-13(14)15)7-16-11-3-4-11/h2,5-6,11-12,16-17H,3-4,7-9H2,1H3. The molecule has 1 atom stereocenters. The average Bonchev–Trinajstić information content (AvgIpc) is 3.19. The first kappa shape index (κ1) is 14.2. The van der Waals surface area contributed by atoms with Gasteiger partial charge in [0.2, 0.25) is 0 Å². The molecule has 5 heteroatoms. The molecule has 1 aromatic rings. The van der Waals surface area contributed by atoms with E-state index in [0.29, 0.717) is 12.6 Å². The van der Waals surface area contributed by atoms with Crippen LogP contribution in [0.4, 0.5) is 4.39 Å². The molecule has 0 spiro atoms. The molecule has 1 unspecified atom stereocenters. The summed E-state index contributed by atoms with van der Waals surface area (Å²) >= 11 is 0. The lowest BCUT2D eigenvalue weighted by molar-refractivity contribution is 0.0316. The van der Waals surface area contributed by atoms with Gasteiger partial charge in [-0.3, -0.25) is 0 Å². The minimum atomic E-state index is -0.749. The smallest absolute Gasteiger partial charge is 0.165 e. The zero-order valence-corrected chi connectivity index (χ0v) is 11.1. The van der Waals surface area contributed by atoms with Gasteiger partial charge in [-0.2, -0.15) is 0 Å². The van der Waals surface area contributed by atoms with Crippen molar-refractivity contribution in [3.05, 3.63) is 29.6 Å². The number of methoxy groups -OCH3 is 1. The van der Waals surface area contributed by atoms with Gasteiger partial charge in [0.25, 0.3) is 0 Å². The zero-order valence-electron chi connectivity index (χ0n) is 11.1. The summed E-state index contributed by atoms with van der Waals surface area (Å²) in [6, 6.07) is 5.49. The molecule has 1 aliphatic carbocycles. The van der Waals surface area contributed by atoms with Gasteiger partial charge in [0.05, 0.1) is 6.61 Å². The van der Waals surface area contributed by atoms with E-state index in [1.165, 1.54) is 26.0 Å². The van der Waals surface area contributed by atoms with Crippen molar-refractivity contribution in [1.82, 2.24) is 5.32 Å². The number of nitrogens with one attached hydrogen (secondary N) is 1. The fourth-order valence-corrected chi connectivity index (χ4v) is 1.75. The van der Waals surface area contributed by atoms with E-state index in [0.717, 1.165) is 5.56 Å². The minimum absolute atomic E-state index is 0.0183. The molecule has 0 heterocycles. The van der Waals surface area contributed by atoms with Crippen molar-refractivity contribution in [3.63, 3.8) is 0 Å². The van der Waals surface area contributed by atoms with Crippen molar-refractivity contribution >= 4 is 0 Å². The molecule has 1 saturated carbocycles. The molecule has 0 saturated heterocycles. The highest BCUT2D eigenvalue weighted by Crippen LogP contribution is 2.21. The first-order valence-electron chi connectivity index (χ1n) is 6.50. The number of benzene rings is 1. The molecule has 1 aromatic carbocycles. The maximum absolute atomic E-state index is 13.8. The predicted molar refractivity (Wildman–Crippen MR) is 69.6 cm³/mol. The van der Waals surface area contributed by atoms with Gasteiger partial charge < -0.3 is 19.9 Å². The van der Waals surface area contributed by atoms with Gasteiger partial charge in [0.1, 0.15) is 12.7 Å². The molecule has 2 rings (SSSR count). The van der Waals surface area contributed by atoms with Crippen LogP contribution in [0.2, 0.25) is 0 Å². The Morgan fingerprint density at radius 1 is 1.42 bits per heavy atom. The van der Waals surface area contributed by atoms with Crippen molar-refractivity contribution in [3.8, 4) is 5.75 Å². The molecule has 106 valence electrons. The maximum atomic E-state index is 13.8. The van der Waals surface area contributed by atoms with Crippen molar-refractivity contribution in [2.24, 2.45) is 0 Å². The second kappa shape index (κ2) is 6.84. The van der Waals surface area contributed by atoms with Crippen LogP contribution >= 0.6 is 0 Å². The van der Waals surface area contributed by atoms with Crippen LogP contribution in [0, 0.1) is 5.82 Å². The molecule has 4 nitrogen and oxygen atoms in total. The van der Waals surface area contributed by atoms with E-state index < -0.39 is 11.9 Å². The summed E-state index contributed by atoms with van der Waals surface area (Å²) in [5, 5.41) is 12.7. The van der Waals surface area contributed by atoms with Crippen LogP contribution < -0.4 is 10.1 Å². The number of aliphatic hydroxyl groups is 1. The summed E-state index contributed by atoms with van der Waals surface area (Å²) in [5.74, 6) is -0.245. The number of ether oxygens (including phenoxy) is 2. The third-order valence-electron chi connectivity index (χ3n) is 2.96. The monoisotopic (exact) mass is 269 g/mol. The van der Waals surface area contributed by atoms with Crippen LogP contribution in [0.1, 0.15) is 18.4 Å². The van der Waals surface area contributed by atoms with Crippen molar-refractivity contribution in [2.45, 2.75) is 31.5 Å². The molecular weight excluding hydrogens is 249 g/mol. The SMILES string of the molecule is COCC(O)COc1ccc(CNC2CC2)cc1F. The van der Waals surface area contributed by atoms with E-state index in [2.05, 4.69) is 5.32 Å². The first-order chi connectivity index (χ1) is 9.19. The second-order valence-electron chi connectivity index (χ2n) is 4.84. The van der Waals surface area contributed by atoms with Gasteiger partial charge in [-0.1, -0.05) is 6.07 Å². The van der Waals surface area contributed by atoms with Crippen molar-refractivity contribution in [1.29, 1.82) is 0 Å². The van der Waals surface area contributed by atoms with Crippen LogP contribution in [0.15, 0.2) is 18.2 Å². The highest BCUT2D eigenvalue weighted by molar-refractivity contribution is 5.29. The summed E-state index contributed by atoms with van der Waals surface area (Å²) in [4.78, 5) is 0. The molecule has 0 aliphatic heterocycles. The quantitative estimate of drug-likeness (QED) is 0.750. The van der Waals surface area contributed by atoms with Crippen molar-refractivity contribution in [2.75, 3.05) is 20.3 Å². The number of hydrogen-bond donors (Lipinski definition) is 2. The van der Waals surface area contributed by atoms with Crippen LogP contribution in [0.5, 0.6) is 5.75 Å². The Labute approximate surface area is 112 Å². The Morgan fingerprint density at radius 3 is 2.84 bits per heavy atom. The number of aliphatic hydroxyl groups excluding tert-OH is 1. The van der Waals surface area contributed by atoms with E-state index in [1.807, 2.05) is 6.07 Å². The number of halogens is 1. The molecule has 0 radical (unpaired) electrons. The summed E-state index contributed by atoms with van der Waals surface area (Å²) in [6.45, 7) is 0.865. The first-order valence-corrected chi connectivity index (χ1v) is 6.50. The molecule has 0 aromatic heterocycles. The van der Waals surface area contributed by atoms with E-state index in [9.17, 15) is 9.50 Å². The second-order valence-corrected chi connectivity index (χ2v) is 4.84. The normalized spacial score (nSPS) is 16.4. The summed E-state index contributed by atoms with van der Waals surface area (Å²) < 4.78 is 23.7. The fraction of sp³-hybridized carbons (Fsp3) is 0.571. The minimum Gasteiger partial charge on any atom is -0.488 e. The number of rotatable bonds is 8. The Balaban J connectivity index is 1.83. The van der Waals surface area contributed by atoms with Gasteiger partial charge in [-0.25, -0.2) is 4.39 Å². The topological polar surface area (TPSA) is 50.7 Å². The van der Waals surface area contributed by atoms with Crippen LogP contribution in [0.25, 0.3) is 0 Å². The third-order valence-corrected chi connectivity index (χ3v) is 2.96. The molecule has 19 heavy (non-hydrogen) atoms. The summed E-state index contributed by atoms with van der Waals surface area (Å²) in [5.41, 5.74) is 0.897. The van der Waals surface area contributed by atoms with Gasteiger partial charge >= 0.3 is 0 Å². The Bertz CT molecular complexity index is 410. The summed E-state index contributed by atoms with van der Waals surface area (Å²) in [7, 11) is 1.49. The van der Waals surface area contributed by atoms with Crippen LogP contribution in [-0.4, -0.2) is 37.6 Å². The van der Waals surface area contributed by atoms with Gasteiger partial charge in [0, 0.05) is 19.7 Å².